The van der Waals surface area contributed by atoms with Crippen molar-refractivity contribution in [2.45, 2.75) is 0 Å². The summed E-state index contributed by atoms with van der Waals surface area (Å²) in [5, 5.41) is 9.66. The summed E-state index contributed by atoms with van der Waals surface area (Å²) in [6.07, 6.45) is 0. The van der Waals surface area contributed by atoms with Gasteiger partial charge in [0.15, 0.2) is 0 Å². The largest absolute Gasteiger partial charge is 0.456 e. The van der Waals surface area contributed by atoms with Gasteiger partial charge in [-0.2, -0.15) is 0 Å². The molecule has 0 spiro atoms. The Morgan fingerprint density at radius 3 is 1.40 bits per heavy atom. The molecule has 0 aliphatic carbocycles. The van der Waals surface area contributed by atoms with Crippen LogP contribution in [0.15, 0.2) is 211 Å². The lowest BCUT2D eigenvalue weighted by molar-refractivity contribution is 0.669. The lowest BCUT2D eigenvalue weighted by Gasteiger charge is -2.22. The molecule has 10 aromatic carbocycles. The first-order chi connectivity index (χ1) is 27.3. The average molecular weight is 699 g/mol. The predicted molar refractivity (Wildman–Crippen MR) is 233 cm³/mol. The molecule has 0 aliphatic heterocycles. The molecule has 0 aliphatic rings. The Morgan fingerprint density at radius 1 is 0.236 bits per heavy atom. The van der Waals surface area contributed by atoms with E-state index in [2.05, 4.69) is 194 Å². The zero-order valence-electron chi connectivity index (χ0n) is 30.0. The van der Waals surface area contributed by atoms with E-state index in [9.17, 15) is 0 Å². The summed E-state index contributed by atoms with van der Waals surface area (Å²) in [4.78, 5) is 0. The fraction of sp³-hybridized carbons (Fsp3) is 0. The van der Waals surface area contributed by atoms with Crippen LogP contribution in [-0.4, -0.2) is 0 Å². The lowest BCUT2D eigenvalue weighted by Crippen LogP contribution is -1.95. The highest BCUT2D eigenvalue weighted by Gasteiger charge is 2.22. The topological polar surface area (TPSA) is 13.1 Å². The first-order valence-electron chi connectivity index (χ1n) is 18.9. The van der Waals surface area contributed by atoms with Crippen LogP contribution >= 0.6 is 0 Å². The highest BCUT2D eigenvalue weighted by molar-refractivity contribution is 6.24. The number of hydrogen-bond acceptors (Lipinski definition) is 1. The summed E-state index contributed by atoms with van der Waals surface area (Å²) >= 11 is 0. The van der Waals surface area contributed by atoms with Gasteiger partial charge in [0.05, 0.1) is 0 Å². The fourth-order valence-corrected chi connectivity index (χ4v) is 8.73. The fourth-order valence-electron chi connectivity index (χ4n) is 8.73. The molecule has 0 amide bonds. The van der Waals surface area contributed by atoms with Crippen molar-refractivity contribution in [3.8, 4) is 55.6 Å². The minimum absolute atomic E-state index is 0.901. The van der Waals surface area contributed by atoms with Crippen molar-refractivity contribution in [2.24, 2.45) is 0 Å². The van der Waals surface area contributed by atoms with Crippen LogP contribution in [0.2, 0.25) is 0 Å². The van der Waals surface area contributed by atoms with Crippen molar-refractivity contribution in [3.05, 3.63) is 206 Å². The Labute approximate surface area is 319 Å². The molecule has 1 nitrogen and oxygen atoms in total. The average Bonchev–Trinajstić information content (AvgIpc) is 3.63. The highest BCUT2D eigenvalue weighted by atomic mass is 16.3. The molecule has 0 unspecified atom stereocenters. The van der Waals surface area contributed by atoms with Gasteiger partial charge in [0.2, 0.25) is 0 Å². The van der Waals surface area contributed by atoms with Gasteiger partial charge < -0.3 is 4.42 Å². The van der Waals surface area contributed by atoms with Crippen LogP contribution in [0.5, 0.6) is 0 Å². The summed E-state index contributed by atoms with van der Waals surface area (Å²) in [6, 6.07) is 74.9. The third-order valence-electron chi connectivity index (χ3n) is 11.3. The smallest absolute Gasteiger partial charge is 0.135 e. The second-order valence-electron chi connectivity index (χ2n) is 14.4. The van der Waals surface area contributed by atoms with E-state index >= 15 is 0 Å². The van der Waals surface area contributed by atoms with Gasteiger partial charge in [0.25, 0.3) is 0 Å². The van der Waals surface area contributed by atoms with Crippen LogP contribution in [0.1, 0.15) is 0 Å². The van der Waals surface area contributed by atoms with Gasteiger partial charge in [-0.15, -0.1) is 0 Å². The number of rotatable bonds is 5. The van der Waals surface area contributed by atoms with E-state index in [1.807, 2.05) is 12.1 Å². The maximum atomic E-state index is 6.27. The number of benzene rings is 10. The van der Waals surface area contributed by atoms with E-state index in [1.54, 1.807) is 0 Å². The normalized spacial score (nSPS) is 11.6. The summed E-state index contributed by atoms with van der Waals surface area (Å²) in [5.74, 6) is 0. The third-order valence-corrected chi connectivity index (χ3v) is 11.3. The molecule has 11 rings (SSSR count). The maximum absolute atomic E-state index is 6.27. The second kappa shape index (κ2) is 12.7. The van der Waals surface area contributed by atoms with Crippen LogP contribution in [0.3, 0.4) is 0 Å². The Kier molecular flexibility index (Phi) is 7.25. The van der Waals surface area contributed by atoms with E-state index < -0.39 is 0 Å². The Hall–Kier alpha value is -7.22. The van der Waals surface area contributed by atoms with Gasteiger partial charge in [0, 0.05) is 10.8 Å². The first kappa shape index (κ1) is 31.3. The number of hydrogen-bond donors (Lipinski definition) is 0. The van der Waals surface area contributed by atoms with Crippen LogP contribution < -0.4 is 0 Å². The van der Waals surface area contributed by atoms with Gasteiger partial charge in [0.1, 0.15) is 11.2 Å². The quantitative estimate of drug-likeness (QED) is 0.163. The van der Waals surface area contributed by atoms with Gasteiger partial charge in [-0.1, -0.05) is 176 Å². The predicted octanol–water partition coefficient (Wildman–Crippen LogP) is 15.4. The molecule has 1 heteroatoms. The number of fused-ring (bicyclic) bond motifs is 6. The third kappa shape index (κ3) is 5.16. The molecular formula is C54H34O. The molecule has 0 atom stereocenters. The van der Waals surface area contributed by atoms with Crippen molar-refractivity contribution < 1.29 is 4.42 Å². The molecule has 0 fully saturated rings. The monoisotopic (exact) mass is 698 g/mol. The van der Waals surface area contributed by atoms with Gasteiger partial charge in [-0.25, -0.2) is 0 Å². The molecule has 0 N–H and O–H groups in total. The van der Waals surface area contributed by atoms with E-state index in [0.29, 0.717) is 0 Å². The highest BCUT2D eigenvalue weighted by Crippen LogP contribution is 2.50. The maximum Gasteiger partial charge on any atom is 0.135 e. The Balaban J connectivity index is 1.19. The molecule has 0 radical (unpaired) electrons. The SMILES string of the molecule is c1ccc(-c2ccc3cc(-c4c5ccccc5c(-c5c(-c6ccccc6)cccc5-c5ccc6oc7ccccc7c6c5)c5ccccc45)ccc3c2)cc1. The van der Waals surface area contributed by atoms with Crippen molar-refractivity contribution >= 4 is 54.3 Å². The van der Waals surface area contributed by atoms with E-state index in [-0.39, 0.29) is 0 Å². The lowest BCUT2D eigenvalue weighted by atomic mass is 9.80. The van der Waals surface area contributed by atoms with Crippen molar-refractivity contribution in [1.82, 2.24) is 0 Å². The summed E-state index contributed by atoms with van der Waals surface area (Å²) in [6.45, 7) is 0. The van der Waals surface area contributed by atoms with Crippen molar-refractivity contribution in [2.75, 3.05) is 0 Å². The molecule has 1 heterocycles. The zero-order chi connectivity index (χ0) is 36.3. The summed E-state index contributed by atoms with van der Waals surface area (Å²) < 4.78 is 6.27. The molecule has 0 saturated carbocycles. The minimum atomic E-state index is 0.901. The molecule has 1 aromatic heterocycles. The summed E-state index contributed by atoms with van der Waals surface area (Å²) in [7, 11) is 0. The zero-order valence-corrected chi connectivity index (χ0v) is 30.0. The molecule has 11 aromatic rings. The van der Waals surface area contributed by atoms with E-state index in [1.165, 1.54) is 82.4 Å². The molecular weight excluding hydrogens is 665 g/mol. The summed E-state index contributed by atoms with van der Waals surface area (Å²) in [5.41, 5.74) is 14.0. The molecule has 55 heavy (non-hydrogen) atoms. The van der Waals surface area contributed by atoms with Crippen molar-refractivity contribution in [1.29, 1.82) is 0 Å². The van der Waals surface area contributed by atoms with Crippen LogP contribution in [0, 0.1) is 0 Å². The van der Waals surface area contributed by atoms with Crippen LogP contribution in [-0.2, 0) is 0 Å². The van der Waals surface area contributed by atoms with Crippen LogP contribution in [0.25, 0.3) is 110 Å². The Bertz CT molecular complexity index is 3190. The van der Waals surface area contributed by atoms with Crippen LogP contribution in [0.4, 0.5) is 0 Å². The Morgan fingerprint density at radius 2 is 0.727 bits per heavy atom. The van der Waals surface area contributed by atoms with Gasteiger partial charge >= 0.3 is 0 Å². The second-order valence-corrected chi connectivity index (χ2v) is 14.4. The molecule has 256 valence electrons. The molecule has 0 bridgehead atoms. The van der Waals surface area contributed by atoms with E-state index in [0.717, 1.165) is 27.5 Å². The van der Waals surface area contributed by atoms with Crippen molar-refractivity contribution in [3.63, 3.8) is 0 Å². The van der Waals surface area contributed by atoms with Gasteiger partial charge in [-0.3, -0.25) is 0 Å². The first-order valence-corrected chi connectivity index (χ1v) is 18.9. The van der Waals surface area contributed by atoms with Gasteiger partial charge in [-0.05, 0) is 118 Å². The standard InChI is InChI=1S/C54H34O/c1-3-14-35(15-4-1)37-26-27-39-33-41(29-28-38(39)32-37)52-45-19-7-9-21-47(45)54(48-22-10-8-20-46(48)52)53-42(36-16-5-2-6-17-36)23-13-24-43(53)40-30-31-51-49(34-40)44-18-11-12-25-50(44)55-51/h1-34H. The number of furan rings is 1. The van der Waals surface area contributed by atoms with E-state index in [4.69, 9.17) is 4.42 Å². The molecule has 0 saturated heterocycles. The number of para-hydroxylation sites is 1. The minimum Gasteiger partial charge on any atom is -0.456 e.